The number of carbonyl (C=O) groups is 1. The van der Waals surface area contributed by atoms with Crippen LogP contribution in [0.3, 0.4) is 0 Å². The van der Waals surface area contributed by atoms with E-state index < -0.39 is 0 Å². The number of benzene rings is 1. The zero-order valence-electron chi connectivity index (χ0n) is 11.4. The fraction of sp³-hybridized carbons (Fsp3) is 0.400. The average molecular weight is 266 g/mol. The van der Waals surface area contributed by atoms with E-state index in [1.165, 1.54) is 0 Å². The van der Waals surface area contributed by atoms with Gasteiger partial charge in [0.15, 0.2) is 5.78 Å². The van der Waals surface area contributed by atoms with E-state index >= 15 is 0 Å². The number of hydrogen-bond donors (Lipinski definition) is 0. The highest BCUT2D eigenvalue weighted by molar-refractivity contribution is 6.32. The molecule has 1 rings (SSSR count). The first-order chi connectivity index (χ1) is 8.41. The summed E-state index contributed by atoms with van der Waals surface area (Å²) in [4.78, 5) is 14.2. The lowest BCUT2D eigenvalue weighted by Gasteiger charge is -2.16. The third-order valence-corrected chi connectivity index (χ3v) is 3.10. The van der Waals surface area contributed by atoms with Gasteiger partial charge in [-0.05, 0) is 44.3 Å². The Morgan fingerprint density at radius 1 is 1.39 bits per heavy atom. The molecule has 1 aromatic rings. The fourth-order valence-corrected chi connectivity index (χ4v) is 2.11. The van der Waals surface area contributed by atoms with Crippen molar-refractivity contribution in [3.8, 4) is 0 Å². The van der Waals surface area contributed by atoms with Crippen LogP contribution in [-0.4, -0.2) is 31.3 Å². The van der Waals surface area contributed by atoms with Crippen LogP contribution >= 0.6 is 11.6 Å². The number of carbonyl (C=O) groups excluding carboxylic acids is 1. The number of Topliss-reactive ketones (excluding diaryl/α,β-unsaturated/α-hetero) is 1. The van der Waals surface area contributed by atoms with Gasteiger partial charge in [-0.1, -0.05) is 36.7 Å². The van der Waals surface area contributed by atoms with Gasteiger partial charge in [-0.3, -0.25) is 4.79 Å². The Bertz CT molecular complexity index is 452. The summed E-state index contributed by atoms with van der Waals surface area (Å²) in [5.41, 5.74) is 1.64. The molecule has 1 unspecified atom stereocenters. The smallest absolute Gasteiger partial charge is 0.162 e. The summed E-state index contributed by atoms with van der Waals surface area (Å²) >= 11 is 6.07. The minimum atomic E-state index is -0.00117. The van der Waals surface area contributed by atoms with E-state index in [0.717, 1.165) is 17.7 Å². The molecule has 0 aromatic heterocycles. The Labute approximate surface area is 114 Å². The fourth-order valence-electron chi connectivity index (χ4n) is 1.92. The zero-order chi connectivity index (χ0) is 13.7. The Hall–Kier alpha value is -1.12. The second-order valence-electron chi connectivity index (χ2n) is 4.88. The molecule has 0 aliphatic rings. The SMILES string of the molecule is CC(=Cc1ccccc1Cl)C(=O)C(C)CN(C)C. The quantitative estimate of drug-likeness (QED) is 0.760. The van der Waals surface area contributed by atoms with Crippen molar-refractivity contribution >= 4 is 23.5 Å². The Morgan fingerprint density at radius 3 is 2.56 bits per heavy atom. The number of nitrogens with zero attached hydrogens (tertiary/aromatic N) is 1. The average Bonchev–Trinajstić information content (AvgIpc) is 2.30. The molecule has 0 aliphatic heterocycles. The van der Waals surface area contributed by atoms with Crippen molar-refractivity contribution in [2.75, 3.05) is 20.6 Å². The zero-order valence-corrected chi connectivity index (χ0v) is 12.2. The summed E-state index contributed by atoms with van der Waals surface area (Å²) in [5, 5.41) is 0.671. The highest BCUT2D eigenvalue weighted by Crippen LogP contribution is 2.19. The predicted octanol–water partition coefficient (Wildman–Crippen LogP) is 3.51. The van der Waals surface area contributed by atoms with E-state index in [2.05, 4.69) is 0 Å². The van der Waals surface area contributed by atoms with Crippen molar-refractivity contribution in [3.63, 3.8) is 0 Å². The van der Waals surface area contributed by atoms with Gasteiger partial charge in [0.25, 0.3) is 0 Å². The molecule has 2 nitrogen and oxygen atoms in total. The Balaban J connectivity index is 2.84. The van der Waals surface area contributed by atoms with Crippen LogP contribution in [0.4, 0.5) is 0 Å². The molecule has 0 fully saturated rings. The molecule has 0 saturated heterocycles. The molecule has 0 radical (unpaired) electrons. The van der Waals surface area contributed by atoms with E-state index in [9.17, 15) is 4.79 Å². The van der Waals surface area contributed by atoms with E-state index in [1.54, 1.807) is 0 Å². The van der Waals surface area contributed by atoms with E-state index in [1.807, 2.05) is 63.2 Å². The summed E-state index contributed by atoms with van der Waals surface area (Å²) in [6.07, 6.45) is 1.86. The van der Waals surface area contributed by atoms with Crippen molar-refractivity contribution in [1.29, 1.82) is 0 Å². The van der Waals surface area contributed by atoms with Gasteiger partial charge in [-0.15, -0.1) is 0 Å². The van der Waals surface area contributed by atoms with E-state index in [0.29, 0.717) is 5.02 Å². The summed E-state index contributed by atoms with van der Waals surface area (Å²) in [6.45, 7) is 4.55. The molecule has 0 aliphatic carbocycles. The maximum atomic E-state index is 12.2. The van der Waals surface area contributed by atoms with Crippen LogP contribution in [0.25, 0.3) is 6.08 Å². The molecule has 98 valence electrons. The standard InChI is InChI=1S/C15H20ClNO/c1-11(15(18)12(2)10-17(3)4)9-13-7-5-6-8-14(13)16/h5-9,12H,10H2,1-4H3. The van der Waals surface area contributed by atoms with Gasteiger partial charge in [0, 0.05) is 17.5 Å². The van der Waals surface area contributed by atoms with Gasteiger partial charge < -0.3 is 4.90 Å². The van der Waals surface area contributed by atoms with Gasteiger partial charge in [0.2, 0.25) is 0 Å². The number of hydrogen-bond acceptors (Lipinski definition) is 2. The van der Waals surface area contributed by atoms with Crippen molar-refractivity contribution in [1.82, 2.24) is 4.90 Å². The van der Waals surface area contributed by atoms with Gasteiger partial charge in [-0.25, -0.2) is 0 Å². The number of allylic oxidation sites excluding steroid dienone is 1. The summed E-state index contributed by atoms with van der Waals surface area (Å²) in [6, 6.07) is 7.54. The molecule has 0 amide bonds. The molecule has 0 N–H and O–H groups in total. The first-order valence-corrected chi connectivity index (χ1v) is 6.41. The van der Waals surface area contributed by atoms with Crippen LogP contribution in [0.1, 0.15) is 19.4 Å². The molecular weight excluding hydrogens is 246 g/mol. The largest absolute Gasteiger partial charge is 0.309 e. The van der Waals surface area contributed by atoms with Crippen LogP contribution in [0, 0.1) is 5.92 Å². The van der Waals surface area contributed by atoms with Gasteiger partial charge >= 0.3 is 0 Å². The maximum Gasteiger partial charge on any atom is 0.162 e. The molecule has 0 saturated carbocycles. The van der Waals surface area contributed by atoms with Gasteiger partial charge in [0.1, 0.15) is 0 Å². The Morgan fingerprint density at radius 2 is 2.00 bits per heavy atom. The van der Waals surface area contributed by atoms with Gasteiger partial charge in [0.05, 0.1) is 0 Å². The lowest BCUT2D eigenvalue weighted by atomic mass is 9.98. The number of rotatable bonds is 5. The first kappa shape index (κ1) is 14.9. The van der Waals surface area contributed by atoms with E-state index in [4.69, 9.17) is 11.6 Å². The topological polar surface area (TPSA) is 20.3 Å². The number of ketones is 1. The normalized spacial score (nSPS) is 13.8. The highest BCUT2D eigenvalue weighted by Gasteiger charge is 2.15. The molecule has 0 heterocycles. The summed E-state index contributed by atoms with van der Waals surface area (Å²) in [5.74, 6) is 0.169. The third-order valence-electron chi connectivity index (χ3n) is 2.75. The molecule has 1 aromatic carbocycles. The molecule has 18 heavy (non-hydrogen) atoms. The molecule has 3 heteroatoms. The highest BCUT2D eigenvalue weighted by atomic mass is 35.5. The molecule has 0 spiro atoms. The number of halogens is 1. The maximum absolute atomic E-state index is 12.2. The van der Waals surface area contributed by atoms with Crippen LogP contribution in [0.5, 0.6) is 0 Å². The minimum Gasteiger partial charge on any atom is -0.309 e. The van der Waals surface area contributed by atoms with Crippen molar-refractivity contribution in [3.05, 3.63) is 40.4 Å². The summed E-state index contributed by atoms with van der Waals surface area (Å²) < 4.78 is 0. The van der Waals surface area contributed by atoms with Gasteiger partial charge in [-0.2, -0.15) is 0 Å². The Kier molecular flexibility index (Phi) is 5.57. The second-order valence-corrected chi connectivity index (χ2v) is 5.28. The van der Waals surface area contributed by atoms with Crippen LogP contribution in [0.15, 0.2) is 29.8 Å². The van der Waals surface area contributed by atoms with Crippen molar-refractivity contribution in [2.24, 2.45) is 5.92 Å². The lowest BCUT2D eigenvalue weighted by Crippen LogP contribution is -2.26. The predicted molar refractivity (Wildman–Crippen MR) is 77.8 cm³/mol. The first-order valence-electron chi connectivity index (χ1n) is 6.03. The third kappa shape index (κ3) is 4.28. The second kappa shape index (κ2) is 6.72. The van der Waals surface area contributed by atoms with Crippen LogP contribution < -0.4 is 0 Å². The monoisotopic (exact) mass is 265 g/mol. The molecular formula is C15H20ClNO. The lowest BCUT2D eigenvalue weighted by molar-refractivity contribution is -0.119. The van der Waals surface area contributed by atoms with Crippen LogP contribution in [-0.2, 0) is 4.79 Å². The van der Waals surface area contributed by atoms with Crippen molar-refractivity contribution < 1.29 is 4.79 Å². The molecule has 0 bridgehead atoms. The summed E-state index contributed by atoms with van der Waals surface area (Å²) in [7, 11) is 3.94. The van der Waals surface area contributed by atoms with Crippen molar-refractivity contribution in [2.45, 2.75) is 13.8 Å². The molecule has 1 atom stereocenters. The van der Waals surface area contributed by atoms with E-state index in [-0.39, 0.29) is 11.7 Å². The minimum absolute atomic E-state index is 0.00117. The van der Waals surface area contributed by atoms with Crippen LogP contribution in [0.2, 0.25) is 5.02 Å².